The lowest BCUT2D eigenvalue weighted by molar-refractivity contribution is 0.0990. The molecule has 1 amide bonds. The van der Waals surface area contributed by atoms with Crippen LogP contribution in [-0.4, -0.2) is 27.2 Å². The molecule has 0 bridgehead atoms. The summed E-state index contributed by atoms with van der Waals surface area (Å²) in [4.78, 5) is 15.1. The molecular weight excluding hydrogens is 268 g/mol. The first-order valence-corrected chi connectivity index (χ1v) is 6.01. The van der Waals surface area contributed by atoms with Crippen molar-refractivity contribution in [3.63, 3.8) is 0 Å². The monoisotopic (exact) mass is 279 g/mol. The minimum absolute atomic E-state index is 0.109. The van der Waals surface area contributed by atoms with Gasteiger partial charge in [0.25, 0.3) is 5.91 Å². The third-order valence-electron chi connectivity index (χ3n) is 3.18. The summed E-state index contributed by atoms with van der Waals surface area (Å²) >= 11 is 0. The first-order chi connectivity index (χ1) is 9.56. The van der Waals surface area contributed by atoms with E-state index in [1.165, 1.54) is 10.7 Å². The Bertz CT molecular complexity index is 684. The SMILES string of the molecule is NC(=O)c1nc2n(n1)C(c1ccc(F)c(F)c1)CCN2. The highest BCUT2D eigenvalue weighted by molar-refractivity contribution is 5.89. The number of anilines is 1. The smallest absolute Gasteiger partial charge is 0.288 e. The van der Waals surface area contributed by atoms with E-state index in [0.717, 1.165) is 12.1 Å². The molecule has 3 rings (SSSR count). The molecule has 0 spiro atoms. The van der Waals surface area contributed by atoms with E-state index in [1.807, 2.05) is 0 Å². The van der Waals surface area contributed by atoms with E-state index < -0.39 is 17.5 Å². The Kier molecular flexibility index (Phi) is 2.85. The van der Waals surface area contributed by atoms with Crippen molar-refractivity contribution in [3.05, 3.63) is 41.2 Å². The second-order valence-electron chi connectivity index (χ2n) is 4.47. The minimum Gasteiger partial charge on any atom is -0.363 e. The second-order valence-corrected chi connectivity index (χ2v) is 4.47. The van der Waals surface area contributed by atoms with Gasteiger partial charge in [0.2, 0.25) is 11.8 Å². The van der Waals surface area contributed by atoms with Gasteiger partial charge in [0.1, 0.15) is 0 Å². The van der Waals surface area contributed by atoms with Crippen LogP contribution in [0.4, 0.5) is 14.7 Å². The van der Waals surface area contributed by atoms with Gasteiger partial charge < -0.3 is 11.1 Å². The van der Waals surface area contributed by atoms with Gasteiger partial charge >= 0.3 is 0 Å². The van der Waals surface area contributed by atoms with Crippen molar-refractivity contribution >= 4 is 11.9 Å². The second kappa shape index (κ2) is 4.55. The quantitative estimate of drug-likeness (QED) is 0.860. The molecular formula is C12H11F2N5O. The summed E-state index contributed by atoms with van der Waals surface area (Å²) in [6.45, 7) is 0.584. The summed E-state index contributed by atoms with van der Waals surface area (Å²) in [5, 5.41) is 6.99. The lowest BCUT2D eigenvalue weighted by Gasteiger charge is -2.24. The summed E-state index contributed by atoms with van der Waals surface area (Å²) in [7, 11) is 0. The Balaban J connectivity index is 2.04. The lowest BCUT2D eigenvalue weighted by Crippen LogP contribution is -2.25. The highest BCUT2D eigenvalue weighted by Gasteiger charge is 2.26. The topological polar surface area (TPSA) is 85.8 Å². The molecule has 2 heterocycles. The average Bonchev–Trinajstić information content (AvgIpc) is 2.86. The highest BCUT2D eigenvalue weighted by Crippen LogP contribution is 2.29. The van der Waals surface area contributed by atoms with Gasteiger partial charge in [-0.25, -0.2) is 13.5 Å². The van der Waals surface area contributed by atoms with Crippen LogP contribution in [0, 0.1) is 11.6 Å². The summed E-state index contributed by atoms with van der Waals surface area (Å²) in [6, 6.07) is 3.37. The Morgan fingerprint density at radius 1 is 1.40 bits per heavy atom. The maximum atomic E-state index is 13.3. The fourth-order valence-corrected chi connectivity index (χ4v) is 2.24. The van der Waals surface area contributed by atoms with Gasteiger partial charge in [-0.2, -0.15) is 4.98 Å². The maximum absolute atomic E-state index is 13.3. The molecule has 1 aliphatic heterocycles. The molecule has 104 valence electrons. The predicted octanol–water partition coefficient (Wildman–Crippen LogP) is 1.06. The van der Waals surface area contributed by atoms with Gasteiger partial charge in [0.15, 0.2) is 11.6 Å². The largest absolute Gasteiger partial charge is 0.363 e. The van der Waals surface area contributed by atoms with Gasteiger partial charge in [-0.3, -0.25) is 4.79 Å². The van der Waals surface area contributed by atoms with Crippen molar-refractivity contribution in [2.45, 2.75) is 12.5 Å². The Hall–Kier alpha value is -2.51. The van der Waals surface area contributed by atoms with E-state index in [-0.39, 0.29) is 11.9 Å². The molecule has 20 heavy (non-hydrogen) atoms. The molecule has 8 heteroatoms. The molecule has 0 fully saturated rings. The lowest BCUT2D eigenvalue weighted by atomic mass is 10.0. The average molecular weight is 279 g/mol. The predicted molar refractivity (Wildman–Crippen MR) is 66.1 cm³/mol. The number of hydrogen-bond acceptors (Lipinski definition) is 4. The zero-order valence-corrected chi connectivity index (χ0v) is 10.3. The number of rotatable bonds is 2. The van der Waals surface area contributed by atoms with Crippen LogP contribution in [-0.2, 0) is 0 Å². The number of nitrogens with one attached hydrogen (secondary N) is 1. The molecule has 3 N–H and O–H groups in total. The zero-order valence-electron chi connectivity index (χ0n) is 10.3. The van der Waals surface area contributed by atoms with E-state index in [0.29, 0.717) is 24.5 Å². The molecule has 1 unspecified atom stereocenters. The highest BCUT2D eigenvalue weighted by atomic mass is 19.2. The number of benzene rings is 1. The normalized spacial score (nSPS) is 17.4. The molecule has 0 saturated carbocycles. The third-order valence-corrected chi connectivity index (χ3v) is 3.18. The van der Waals surface area contributed by atoms with Crippen LogP contribution in [0.25, 0.3) is 0 Å². The first kappa shape index (κ1) is 12.5. The number of aromatic nitrogens is 3. The molecule has 0 radical (unpaired) electrons. The van der Waals surface area contributed by atoms with Crippen molar-refractivity contribution in [1.82, 2.24) is 14.8 Å². The maximum Gasteiger partial charge on any atom is 0.288 e. The number of nitrogens with two attached hydrogens (primary N) is 1. The van der Waals surface area contributed by atoms with Crippen LogP contribution in [0.15, 0.2) is 18.2 Å². The minimum atomic E-state index is -0.919. The fourth-order valence-electron chi connectivity index (χ4n) is 2.24. The van der Waals surface area contributed by atoms with Crippen molar-refractivity contribution in [3.8, 4) is 0 Å². The molecule has 1 aromatic carbocycles. The molecule has 1 atom stereocenters. The zero-order chi connectivity index (χ0) is 14.3. The standard InChI is InChI=1S/C12H11F2N5O/c13-7-2-1-6(5-8(7)14)9-3-4-16-12-17-11(10(15)20)18-19(9)12/h1-2,5,9H,3-4H2,(H2,15,20)(H,16,17,18). The molecule has 6 nitrogen and oxygen atoms in total. The van der Waals surface area contributed by atoms with Crippen molar-refractivity contribution in [2.75, 3.05) is 11.9 Å². The molecule has 2 aromatic rings. The van der Waals surface area contributed by atoms with E-state index in [2.05, 4.69) is 15.4 Å². The van der Waals surface area contributed by atoms with Crippen LogP contribution in [0.1, 0.15) is 28.6 Å². The van der Waals surface area contributed by atoms with Gasteiger partial charge in [0.05, 0.1) is 6.04 Å². The Morgan fingerprint density at radius 2 is 2.20 bits per heavy atom. The molecule has 1 aromatic heterocycles. The van der Waals surface area contributed by atoms with E-state index in [9.17, 15) is 13.6 Å². The van der Waals surface area contributed by atoms with E-state index in [1.54, 1.807) is 0 Å². The molecule has 1 aliphatic rings. The fraction of sp³-hybridized carbons (Fsp3) is 0.250. The van der Waals surface area contributed by atoms with Crippen LogP contribution in [0.3, 0.4) is 0 Å². The van der Waals surface area contributed by atoms with Crippen molar-refractivity contribution < 1.29 is 13.6 Å². The number of nitrogens with zero attached hydrogens (tertiary/aromatic N) is 3. The van der Waals surface area contributed by atoms with Gasteiger partial charge in [-0.05, 0) is 24.1 Å². The number of carbonyl (C=O) groups is 1. The number of primary amides is 1. The first-order valence-electron chi connectivity index (χ1n) is 6.01. The van der Waals surface area contributed by atoms with Gasteiger partial charge in [-0.15, -0.1) is 5.10 Å². The summed E-state index contributed by atoms with van der Waals surface area (Å²) in [6.07, 6.45) is 0.611. The van der Waals surface area contributed by atoms with Gasteiger partial charge in [-0.1, -0.05) is 6.07 Å². The number of halogens is 2. The molecule has 0 aliphatic carbocycles. The van der Waals surface area contributed by atoms with Crippen LogP contribution in [0.2, 0.25) is 0 Å². The Labute approximate surface area is 112 Å². The van der Waals surface area contributed by atoms with Crippen molar-refractivity contribution in [1.29, 1.82) is 0 Å². The molecule has 0 saturated heterocycles. The summed E-state index contributed by atoms with van der Waals surface area (Å²) in [5.74, 6) is -2.28. The van der Waals surface area contributed by atoms with Crippen LogP contribution >= 0.6 is 0 Å². The van der Waals surface area contributed by atoms with E-state index in [4.69, 9.17) is 5.73 Å². The third kappa shape index (κ3) is 1.98. The van der Waals surface area contributed by atoms with Crippen LogP contribution in [0.5, 0.6) is 0 Å². The summed E-state index contributed by atoms with van der Waals surface area (Å²) < 4.78 is 27.8. The number of amides is 1. The Morgan fingerprint density at radius 3 is 2.90 bits per heavy atom. The van der Waals surface area contributed by atoms with E-state index >= 15 is 0 Å². The summed E-state index contributed by atoms with van der Waals surface area (Å²) in [5.41, 5.74) is 5.70. The van der Waals surface area contributed by atoms with Crippen LogP contribution < -0.4 is 11.1 Å². The van der Waals surface area contributed by atoms with Crippen molar-refractivity contribution in [2.24, 2.45) is 5.73 Å². The number of carbonyl (C=O) groups excluding carboxylic acids is 1. The number of fused-ring (bicyclic) bond motifs is 1. The van der Waals surface area contributed by atoms with Gasteiger partial charge in [0, 0.05) is 6.54 Å². The number of hydrogen-bond donors (Lipinski definition) is 2.